The van der Waals surface area contributed by atoms with Gasteiger partial charge in [-0.2, -0.15) is 0 Å². The fourth-order valence-electron chi connectivity index (χ4n) is 4.92. The maximum atomic E-state index is 14.7. The fourth-order valence-corrected chi connectivity index (χ4v) is 6.99. The van der Waals surface area contributed by atoms with E-state index in [-0.39, 0.29) is 28.9 Å². The summed E-state index contributed by atoms with van der Waals surface area (Å²) < 4.78 is 76.9. The van der Waals surface area contributed by atoms with Crippen molar-refractivity contribution in [2.24, 2.45) is 11.1 Å². The number of halogens is 3. The van der Waals surface area contributed by atoms with Gasteiger partial charge in [0, 0.05) is 18.7 Å². The summed E-state index contributed by atoms with van der Waals surface area (Å²) in [5.74, 6) is -3.03. The van der Waals surface area contributed by atoms with Crippen LogP contribution in [0.4, 0.5) is 13.2 Å². The lowest BCUT2D eigenvalue weighted by molar-refractivity contribution is 0.175. The van der Waals surface area contributed by atoms with E-state index in [0.717, 1.165) is 44.2 Å². The predicted molar refractivity (Wildman–Crippen MR) is 132 cm³/mol. The lowest BCUT2D eigenvalue weighted by Crippen LogP contribution is -2.44. The summed E-state index contributed by atoms with van der Waals surface area (Å²) in [5.41, 5.74) is 0.531. The molecule has 2 fully saturated rings. The van der Waals surface area contributed by atoms with Crippen LogP contribution < -0.4 is 4.74 Å². The maximum Gasteiger partial charge on any atom is 0.216 e. The Morgan fingerprint density at radius 1 is 0.972 bits per heavy atom. The number of rotatable bonds is 8. The Morgan fingerprint density at radius 3 is 2.25 bits per heavy atom. The zero-order chi connectivity index (χ0) is 25.7. The van der Waals surface area contributed by atoms with Gasteiger partial charge in [-0.15, -0.1) is 0 Å². The van der Waals surface area contributed by atoms with Crippen LogP contribution in [0.3, 0.4) is 0 Å². The van der Waals surface area contributed by atoms with E-state index in [9.17, 15) is 21.6 Å². The molecule has 0 unspecified atom stereocenters. The molecule has 0 radical (unpaired) electrons. The van der Waals surface area contributed by atoms with Gasteiger partial charge in [0.15, 0.2) is 17.4 Å². The van der Waals surface area contributed by atoms with Gasteiger partial charge in [0.25, 0.3) is 0 Å². The molecular formula is C26H31F3N2O4S. The van der Waals surface area contributed by atoms with Crippen LogP contribution in [0.15, 0.2) is 35.5 Å². The van der Waals surface area contributed by atoms with Crippen molar-refractivity contribution < 1.29 is 31.2 Å². The average Bonchev–Trinajstić information content (AvgIpc) is 2.87. The van der Waals surface area contributed by atoms with E-state index < -0.39 is 33.2 Å². The van der Waals surface area contributed by atoms with E-state index >= 15 is 0 Å². The molecule has 0 amide bonds. The van der Waals surface area contributed by atoms with Gasteiger partial charge in [-0.3, -0.25) is 0 Å². The van der Waals surface area contributed by atoms with Crippen molar-refractivity contribution in [2.45, 2.75) is 50.2 Å². The number of piperidine rings is 1. The molecule has 4 rings (SSSR count). The molecule has 0 spiro atoms. The van der Waals surface area contributed by atoms with E-state index in [2.05, 4.69) is 9.99 Å². The summed E-state index contributed by atoms with van der Waals surface area (Å²) >= 11 is 0. The van der Waals surface area contributed by atoms with Crippen molar-refractivity contribution in [1.29, 1.82) is 0 Å². The van der Waals surface area contributed by atoms with Crippen LogP contribution in [0.2, 0.25) is 0 Å². The first-order valence-electron chi connectivity index (χ1n) is 12.3. The molecule has 0 bridgehead atoms. The minimum absolute atomic E-state index is 0.0139. The first-order valence-corrected chi connectivity index (χ1v) is 13.8. The Labute approximate surface area is 210 Å². The van der Waals surface area contributed by atoms with Gasteiger partial charge in [0.1, 0.15) is 12.9 Å². The van der Waals surface area contributed by atoms with Gasteiger partial charge in [-0.1, -0.05) is 36.6 Å². The Balaban J connectivity index is 1.36. The highest BCUT2D eigenvalue weighted by Gasteiger charge is 2.35. The number of benzene rings is 2. The largest absolute Gasteiger partial charge is 0.487 e. The molecular weight excluding hydrogens is 493 g/mol. The first-order chi connectivity index (χ1) is 17.3. The quantitative estimate of drug-likeness (QED) is 0.338. The van der Waals surface area contributed by atoms with E-state index in [1.807, 2.05) is 0 Å². The van der Waals surface area contributed by atoms with Crippen molar-refractivity contribution in [3.63, 3.8) is 0 Å². The Kier molecular flexibility index (Phi) is 8.56. The number of oxime groups is 1. The third kappa shape index (κ3) is 6.03. The zero-order valence-electron chi connectivity index (χ0n) is 20.3. The van der Waals surface area contributed by atoms with Gasteiger partial charge in [-0.25, -0.2) is 25.9 Å². The molecule has 6 nitrogen and oxygen atoms in total. The topological polar surface area (TPSA) is 68.2 Å². The molecule has 1 saturated carbocycles. The number of hydrogen-bond acceptors (Lipinski definition) is 5. The van der Waals surface area contributed by atoms with Gasteiger partial charge < -0.3 is 9.57 Å². The van der Waals surface area contributed by atoms with E-state index in [1.165, 1.54) is 25.5 Å². The number of nitrogens with zero attached hydrogens (tertiary/aromatic N) is 2. The normalized spacial score (nSPS) is 18.6. The molecule has 1 aliphatic heterocycles. The van der Waals surface area contributed by atoms with Crippen molar-refractivity contribution in [3.05, 3.63) is 53.3 Å². The highest BCUT2D eigenvalue weighted by atomic mass is 32.2. The molecule has 0 aromatic heterocycles. The smallest absolute Gasteiger partial charge is 0.216 e. The summed E-state index contributed by atoms with van der Waals surface area (Å²) in [7, 11) is -1.94. The molecule has 1 aliphatic carbocycles. The van der Waals surface area contributed by atoms with Crippen molar-refractivity contribution >= 4 is 16.2 Å². The number of hydrogen-bond donors (Lipinski definition) is 0. The summed E-state index contributed by atoms with van der Waals surface area (Å²) in [6.45, 7) is 0.856. The molecule has 1 saturated heterocycles. The van der Waals surface area contributed by atoms with Gasteiger partial charge in [0.05, 0.1) is 18.1 Å². The maximum absolute atomic E-state index is 14.7. The van der Waals surface area contributed by atoms with E-state index in [1.54, 1.807) is 10.4 Å². The van der Waals surface area contributed by atoms with Gasteiger partial charge >= 0.3 is 0 Å². The molecule has 2 aromatic carbocycles. The first kappa shape index (κ1) is 26.5. The van der Waals surface area contributed by atoms with E-state index in [0.29, 0.717) is 31.5 Å². The highest BCUT2D eigenvalue weighted by molar-refractivity contribution is 7.89. The molecule has 196 valence electrons. The molecule has 1 heterocycles. The highest BCUT2D eigenvalue weighted by Crippen LogP contribution is 2.33. The van der Waals surface area contributed by atoms with Crippen molar-refractivity contribution in [2.75, 3.05) is 26.8 Å². The lowest BCUT2D eigenvalue weighted by Gasteiger charge is -2.34. The summed E-state index contributed by atoms with van der Waals surface area (Å²) in [6, 6.07) is 6.25. The monoisotopic (exact) mass is 524 g/mol. The SMILES string of the molecule is CO/N=C/c1ccc(-c2cc(F)c(OCC3CCN(S(=O)(=O)C4CCCCC4)CC3)c(F)c2)c(F)c1. The standard InChI is InChI=1S/C26H31F3N2O4S/c1-34-30-16-19-7-8-22(23(27)13-19)20-14-24(28)26(25(29)15-20)35-17-18-9-11-31(12-10-18)36(32,33)21-5-3-2-4-6-21/h7-8,13-16,18,21H,2-6,9-12,17H2,1H3/b30-16+. The predicted octanol–water partition coefficient (Wildman–Crippen LogP) is 5.50. The molecule has 2 aromatic rings. The van der Waals surface area contributed by atoms with Crippen LogP contribution in [-0.4, -0.2) is 51.0 Å². The molecule has 2 aliphatic rings. The second-order valence-corrected chi connectivity index (χ2v) is 11.6. The molecule has 36 heavy (non-hydrogen) atoms. The third-order valence-electron chi connectivity index (χ3n) is 6.98. The van der Waals surface area contributed by atoms with Gasteiger partial charge in [-0.05, 0) is 60.9 Å². The van der Waals surface area contributed by atoms with Gasteiger partial charge in [0.2, 0.25) is 10.0 Å². The van der Waals surface area contributed by atoms with Crippen LogP contribution in [-0.2, 0) is 14.9 Å². The second kappa shape index (κ2) is 11.6. The minimum Gasteiger partial charge on any atom is -0.487 e. The average molecular weight is 525 g/mol. The fraction of sp³-hybridized carbons (Fsp3) is 0.500. The summed E-state index contributed by atoms with van der Waals surface area (Å²) in [4.78, 5) is 4.56. The number of ether oxygens (including phenoxy) is 1. The second-order valence-electron chi connectivity index (χ2n) is 9.38. The molecule has 0 atom stereocenters. The summed E-state index contributed by atoms with van der Waals surface area (Å²) in [5, 5.41) is 3.27. The Morgan fingerprint density at radius 2 is 1.64 bits per heavy atom. The number of sulfonamides is 1. The van der Waals surface area contributed by atoms with E-state index in [4.69, 9.17) is 4.74 Å². The van der Waals surface area contributed by atoms with Crippen LogP contribution >= 0.6 is 0 Å². The van der Waals surface area contributed by atoms with Crippen molar-refractivity contribution in [3.8, 4) is 16.9 Å². The Bertz CT molecular complexity index is 1170. The molecule has 0 N–H and O–H groups in total. The van der Waals surface area contributed by atoms with Crippen LogP contribution in [0, 0.1) is 23.4 Å². The van der Waals surface area contributed by atoms with Crippen LogP contribution in [0.1, 0.15) is 50.5 Å². The van der Waals surface area contributed by atoms with Crippen LogP contribution in [0.5, 0.6) is 5.75 Å². The van der Waals surface area contributed by atoms with Crippen molar-refractivity contribution in [1.82, 2.24) is 4.31 Å². The van der Waals surface area contributed by atoms with Crippen LogP contribution in [0.25, 0.3) is 11.1 Å². The third-order valence-corrected chi connectivity index (χ3v) is 9.38. The lowest BCUT2D eigenvalue weighted by atomic mass is 9.99. The minimum atomic E-state index is -3.30. The summed E-state index contributed by atoms with van der Waals surface area (Å²) in [6.07, 6.45) is 6.88. The Hall–Kier alpha value is -2.59. The zero-order valence-corrected chi connectivity index (χ0v) is 21.1. The molecule has 10 heteroatoms.